The summed E-state index contributed by atoms with van der Waals surface area (Å²) in [5.74, 6) is -0.164. The molecule has 4 heteroatoms. The lowest BCUT2D eigenvalue weighted by atomic mass is 10.1. The molecule has 1 N–H and O–H groups in total. The molecule has 0 aliphatic carbocycles. The maximum absolute atomic E-state index is 12.6. The van der Waals surface area contributed by atoms with Crippen molar-refractivity contribution in [3.63, 3.8) is 0 Å². The number of aromatic nitrogens is 2. The van der Waals surface area contributed by atoms with Crippen LogP contribution in [0.25, 0.3) is 10.9 Å². The van der Waals surface area contributed by atoms with E-state index in [1.165, 1.54) is 11.1 Å². The minimum Gasteiger partial charge on any atom is -0.347 e. The second-order valence-electron chi connectivity index (χ2n) is 6.18. The molecule has 1 amide bonds. The van der Waals surface area contributed by atoms with Crippen molar-refractivity contribution in [2.24, 2.45) is 0 Å². The Bertz CT molecular complexity index is 932. The van der Waals surface area contributed by atoms with Crippen LogP contribution in [0.5, 0.6) is 0 Å². The van der Waals surface area contributed by atoms with Gasteiger partial charge in [-0.1, -0.05) is 23.8 Å². The maximum atomic E-state index is 12.6. The van der Waals surface area contributed by atoms with Gasteiger partial charge >= 0.3 is 0 Å². The molecule has 1 aromatic carbocycles. The first-order valence-electron chi connectivity index (χ1n) is 8.03. The summed E-state index contributed by atoms with van der Waals surface area (Å²) in [7, 11) is 0. The highest BCUT2D eigenvalue weighted by Gasteiger charge is 2.16. The van der Waals surface area contributed by atoms with Crippen molar-refractivity contribution in [1.82, 2.24) is 15.3 Å². The third-order valence-electron chi connectivity index (χ3n) is 4.34. The predicted octanol–water partition coefficient (Wildman–Crippen LogP) is 3.79. The summed E-state index contributed by atoms with van der Waals surface area (Å²) in [4.78, 5) is 21.5. The van der Waals surface area contributed by atoms with E-state index in [-0.39, 0.29) is 5.91 Å². The second kappa shape index (κ2) is 6.40. The monoisotopic (exact) mass is 319 g/mol. The number of carbonyl (C=O) groups excluding carboxylic acids is 1. The minimum atomic E-state index is -0.164. The standard InChI is InChI=1S/C20H21N3O/c1-12-7-8-16(13(2)10-12)11-22-20(24)19-14(3)18-17(15(4)23-19)6-5-9-21-18/h5-10H,11H2,1-4H3,(H,22,24). The fourth-order valence-electron chi connectivity index (χ4n) is 2.94. The van der Waals surface area contributed by atoms with E-state index in [0.717, 1.165) is 27.7 Å². The highest BCUT2D eigenvalue weighted by Crippen LogP contribution is 2.21. The molecule has 0 atom stereocenters. The van der Waals surface area contributed by atoms with Gasteiger partial charge in [-0.25, -0.2) is 4.98 Å². The van der Waals surface area contributed by atoms with E-state index in [4.69, 9.17) is 0 Å². The molecule has 0 aliphatic rings. The summed E-state index contributed by atoms with van der Waals surface area (Å²) in [6, 6.07) is 10.1. The average Bonchev–Trinajstić information content (AvgIpc) is 2.57. The fraction of sp³-hybridized carbons (Fsp3) is 0.250. The van der Waals surface area contributed by atoms with Crippen molar-refractivity contribution in [2.75, 3.05) is 0 Å². The lowest BCUT2D eigenvalue weighted by Gasteiger charge is -2.12. The second-order valence-corrected chi connectivity index (χ2v) is 6.18. The Morgan fingerprint density at radius 2 is 1.92 bits per heavy atom. The Kier molecular flexibility index (Phi) is 4.30. The first-order chi connectivity index (χ1) is 11.5. The minimum absolute atomic E-state index is 0.164. The van der Waals surface area contributed by atoms with E-state index in [1.807, 2.05) is 26.0 Å². The van der Waals surface area contributed by atoms with E-state index < -0.39 is 0 Å². The molecule has 3 rings (SSSR count). The molecule has 0 unspecified atom stereocenters. The van der Waals surface area contributed by atoms with Gasteiger partial charge in [0.2, 0.25) is 0 Å². The lowest BCUT2D eigenvalue weighted by molar-refractivity contribution is 0.0945. The van der Waals surface area contributed by atoms with Crippen LogP contribution in [0.2, 0.25) is 0 Å². The molecule has 0 bridgehead atoms. The normalized spacial score (nSPS) is 10.8. The lowest BCUT2D eigenvalue weighted by Crippen LogP contribution is -2.25. The van der Waals surface area contributed by atoms with Gasteiger partial charge in [0.25, 0.3) is 5.91 Å². The van der Waals surface area contributed by atoms with Crippen LogP contribution in [0.4, 0.5) is 0 Å². The summed E-state index contributed by atoms with van der Waals surface area (Å²) < 4.78 is 0. The van der Waals surface area contributed by atoms with Crippen LogP contribution in [0.3, 0.4) is 0 Å². The SMILES string of the molecule is Cc1ccc(CNC(=O)c2nc(C)c3cccnc3c2C)c(C)c1. The van der Waals surface area contributed by atoms with Gasteiger partial charge in [0.15, 0.2) is 0 Å². The number of carbonyl (C=O) groups is 1. The highest BCUT2D eigenvalue weighted by molar-refractivity contribution is 5.98. The van der Waals surface area contributed by atoms with Gasteiger partial charge in [0.05, 0.1) is 5.52 Å². The molecular weight excluding hydrogens is 298 g/mol. The highest BCUT2D eigenvalue weighted by atomic mass is 16.1. The van der Waals surface area contributed by atoms with Crippen molar-refractivity contribution in [1.29, 1.82) is 0 Å². The smallest absolute Gasteiger partial charge is 0.270 e. The fourth-order valence-corrected chi connectivity index (χ4v) is 2.94. The molecule has 2 aromatic heterocycles. The number of hydrogen-bond donors (Lipinski definition) is 1. The van der Waals surface area contributed by atoms with Crippen LogP contribution in [0.1, 0.15) is 38.4 Å². The molecule has 0 spiro atoms. The van der Waals surface area contributed by atoms with Gasteiger partial charge in [-0.3, -0.25) is 9.78 Å². The molecule has 2 heterocycles. The summed E-state index contributed by atoms with van der Waals surface area (Å²) in [6.07, 6.45) is 1.74. The molecule has 0 saturated carbocycles. The first-order valence-corrected chi connectivity index (χ1v) is 8.03. The van der Waals surface area contributed by atoms with E-state index in [0.29, 0.717) is 12.2 Å². The van der Waals surface area contributed by atoms with Crippen LogP contribution in [-0.4, -0.2) is 15.9 Å². The number of amides is 1. The third kappa shape index (κ3) is 3.00. The number of nitrogens with one attached hydrogen (secondary N) is 1. The molecule has 0 radical (unpaired) electrons. The van der Waals surface area contributed by atoms with Crippen LogP contribution < -0.4 is 5.32 Å². The van der Waals surface area contributed by atoms with Gasteiger partial charge in [-0.15, -0.1) is 0 Å². The number of hydrogen-bond acceptors (Lipinski definition) is 3. The Hall–Kier alpha value is -2.75. The van der Waals surface area contributed by atoms with Crippen LogP contribution in [0.15, 0.2) is 36.5 Å². The zero-order valence-electron chi connectivity index (χ0n) is 14.5. The van der Waals surface area contributed by atoms with Crippen molar-refractivity contribution in [2.45, 2.75) is 34.2 Å². The Morgan fingerprint density at radius 3 is 2.67 bits per heavy atom. The Labute approximate surface area is 142 Å². The zero-order chi connectivity index (χ0) is 17.3. The zero-order valence-corrected chi connectivity index (χ0v) is 14.5. The number of nitrogens with zero attached hydrogens (tertiary/aromatic N) is 2. The molecular formula is C20H21N3O. The van der Waals surface area contributed by atoms with Gasteiger partial charge < -0.3 is 5.32 Å². The van der Waals surface area contributed by atoms with Crippen molar-refractivity contribution >= 4 is 16.8 Å². The number of pyridine rings is 2. The predicted molar refractivity (Wildman–Crippen MR) is 96.1 cm³/mol. The van der Waals surface area contributed by atoms with Crippen LogP contribution in [0, 0.1) is 27.7 Å². The summed E-state index contributed by atoms with van der Waals surface area (Å²) in [5.41, 5.74) is 6.43. The molecule has 122 valence electrons. The van der Waals surface area contributed by atoms with E-state index >= 15 is 0 Å². The van der Waals surface area contributed by atoms with Crippen molar-refractivity contribution < 1.29 is 4.79 Å². The van der Waals surface area contributed by atoms with E-state index in [9.17, 15) is 4.79 Å². The topological polar surface area (TPSA) is 54.9 Å². The van der Waals surface area contributed by atoms with E-state index in [1.54, 1.807) is 6.20 Å². The van der Waals surface area contributed by atoms with Crippen molar-refractivity contribution in [3.05, 3.63) is 70.2 Å². The molecule has 0 aliphatic heterocycles. The average molecular weight is 319 g/mol. The quantitative estimate of drug-likeness (QED) is 0.799. The largest absolute Gasteiger partial charge is 0.347 e. The molecule has 24 heavy (non-hydrogen) atoms. The molecule has 3 aromatic rings. The van der Waals surface area contributed by atoms with Gasteiger partial charge in [0.1, 0.15) is 5.69 Å². The summed E-state index contributed by atoms with van der Waals surface area (Å²) in [6.45, 7) is 8.42. The van der Waals surface area contributed by atoms with Gasteiger partial charge in [0, 0.05) is 29.4 Å². The van der Waals surface area contributed by atoms with E-state index in [2.05, 4.69) is 47.3 Å². The maximum Gasteiger partial charge on any atom is 0.270 e. The number of fused-ring (bicyclic) bond motifs is 1. The Balaban J connectivity index is 1.87. The summed E-state index contributed by atoms with van der Waals surface area (Å²) >= 11 is 0. The van der Waals surface area contributed by atoms with Gasteiger partial charge in [-0.2, -0.15) is 0 Å². The van der Waals surface area contributed by atoms with Crippen LogP contribution >= 0.6 is 0 Å². The van der Waals surface area contributed by atoms with Gasteiger partial charge in [-0.05, 0) is 51.0 Å². The molecule has 4 nitrogen and oxygen atoms in total. The molecule has 0 fully saturated rings. The Morgan fingerprint density at radius 1 is 1.12 bits per heavy atom. The third-order valence-corrected chi connectivity index (χ3v) is 4.34. The summed E-state index contributed by atoms with van der Waals surface area (Å²) in [5, 5.41) is 3.97. The number of rotatable bonds is 3. The number of benzene rings is 1. The first kappa shape index (κ1) is 16.1. The van der Waals surface area contributed by atoms with Crippen LogP contribution in [-0.2, 0) is 6.54 Å². The number of aryl methyl sites for hydroxylation is 4. The molecule has 0 saturated heterocycles. The van der Waals surface area contributed by atoms with Crippen molar-refractivity contribution in [3.8, 4) is 0 Å².